The summed E-state index contributed by atoms with van der Waals surface area (Å²) in [6.45, 7) is 6.81. The molecule has 3 rings (SSSR count). The molecule has 1 unspecified atom stereocenters. The third kappa shape index (κ3) is 5.48. The molecule has 0 saturated carbocycles. The Balaban J connectivity index is 1.76. The lowest BCUT2D eigenvalue weighted by atomic mass is 10.1. The van der Waals surface area contributed by atoms with Gasteiger partial charge >= 0.3 is 0 Å². The molecule has 1 heterocycles. The fraction of sp³-hybridized carbons (Fsp3) is 0.417. The van der Waals surface area contributed by atoms with Gasteiger partial charge in [0.15, 0.2) is 0 Å². The van der Waals surface area contributed by atoms with Crippen molar-refractivity contribution in [2.75, 3.05) is 17.8 Å². The topological polar surface area (TPSA) is 95.6 Å². The predicted molar refractivity (Wildman–Crippen MR) is 125 cm³/mol. The summed E-state index contributed by atoms with van der Waals surface area (Å²) in [6, 6.07) is 11.1. The highest BCUT2D eigenvalue weighted by molar-refractivity contribution is 7.92. The van der Waals surface area contributed by atoms with Crippen LogP contribution in [0.2, 0.25) is 0 Å². The maximum atomic E-state index is 13.1. The Morgan fingerprint density at radius 1 is 1.12 bits per heavy atom. The Hall–Kier alpha value is -2.87. The highest BCUT2D eigenvalue weighted by atomic mass is 32.2. The van der Waals surface area contributed by atoms with Crippen molar-refractivity contribution < 1.29 is 18.0 Å². The van der Waals surface area contributed by atoms with Gasteiger partial charge in [-0.3, -0.25) is 14.3 Å². The van der Waals surface area contributed by atoms with Crippen molar-refractivity contribution in [2.45, 2.75) is 57.4 Å². The van der Waals surface area contributed by atoms with E-state index in [0.29, 0.717) is 36.3 Å². The second-order valence-corrected chi connectivity index (χ2v) is 9.91. The molecule has 1 aliphatic rings. The summed E-state index contributed by atoms with van der Waals surface area (Å²) in [5.74, 6) is -0.401. The van der Waals surface area contributed by atoms with Crippen molar-refractivity contribution in [3.63, 3.8) is 0 Å². The lowest BCUT2D eigenvalue weighted by Gasteiger charge is -2.24. The van der Waals surface area contributed by atoms with Gasteiger partial charge in [-0.15, -0.1) is 0 Å². The average Bonchev–Trinajstić information content (AvgIpc) is 3.23. The van der Waals surface area contributed by atoms with Crippen LogP contribution in [0.4, 0.5) is 5.69 Å². The molecule has 0 radical (unpaired) electrons. The van der Waals surface area contributed by atoms with E-state index < -0.39 is 16.1 Å². The number of rotatable bonds is 8. The minimum absolute atomic E-state index is 0.129. The zero-order valence-corrected chi connectivity index (χ0v) is 19.7. The summed E-state index contributed by atoms with van der Waals surface area (Å²) in [4.78, 5) is 27.5. The SMILES string of the molecule is CCCCNC(=O)C1CCCN1C(=O)c1cccc(NS(=O)(=O)c2ccc(C)cc2C)c1. The van der Waals surface area contributed by atoms with Gasteiger partial charge in [0, 0.05) is 24.3 Å². The summed E-state index contributed by atoms with van der Waals surface area (Å²) in [5.41, 5.74) is 2.28. The molecule has 32 heavy (non-hydrogen) atoms. The lowest BCUT2D eigenvalue weighted by molar-refractivity contribution is -0.124. The number of benzene rings is 2. The van der Waals surface area contributed by atoms with E-state index in [9.17, 15) is 18.0 Å². The first kappa shape index (κ1) is 23.8. The highest BCUT2D eigenvalue weighted by Crippen LogP contribution is 2.24. The number of carbonyl (C=O) groups excluding carboxylic acids is 2. The van der Waals surface area contributed by atoms with Crippen LogP contribution in [-0.4, -0.2) is 44.3 Å². The molecule has 2 aromatic carbocycles. The number of sulfonamides is 1. The Labute approximate surface area is 190 Å². The lowest BCUT2D eigenvalue weighted by Crippen LogP contribution is -2.46. The number of carbonyl (C=O) groups is 2. The number of likely N-dealkylation sites (tertiary alicyclic amines) is 1. The van der Waals surface area contributed by atoms with Gasteiger partial charge in [0.1, 0.15) is 6.04 Å². The van der Waals surface area contributed by atoms with Crippen LogP contribution in [0.3, 0.4) is 0 Å². The Kier molecular flexibility index (Phi) is 7.56. The Bertz CT molecular complexity index is 1100. The van der Waals surface area contributed by atoms with Gasteiger partial charge in [-0.05, 0) is 62.9 Å². The fourth-order valence-corrected chi connectivity index (χ4v) is 5.26. The second-order valence-electron chi connectivity index (χ2n) is 8.26. The third-order valence-electron chi connectivity index (χ3n) is 5.63. The van der Waals surface area contributed by atoms with Crippen molar-refractivity contribution in [1.29, 1.82) is 0 Å². The van der Waals surface area contributed by atoms with E-state index in [-0.39, 0.29) is 16.7 Å². The van der Waals surface area contributed by atoms with Gasteiger partial charge in [-0.2, -0.15) is 0 Å². The van der Waals surface area contributed by atoms with Crippen LogP contribution in [0.5, 0.6) is 0 Å². The van der Waals surface area contributed by atoms with Gasteiger partial charge in [0.05, 0.1) is 4.90 Å². The van der Waals surface area contributed by atoms with E-state index in [4.69, 9.17) is 0 Å². The molecule has 1 aliphatic heterocycles. The number of hydrogen-bond acceptors (Lipinski definition) is 4. The molecule has 0 aliphatic carbocycles. The molecule has 2 N–H and O–H groups in total. The molecule has 1 atom stereocenters. The minimum atomic E-state index is -3.80. The first-order chi connectivity index (χ1) is 15.2. The molecule has 0 bridgehead atoms. The summed E-state index contributed by atoms with van der Waals surface area (Å²) in [6.07, 6.45) is 3.27. The Morgan fingerprint density at radius 3 is 2.62 bits per heavy atom. The minimum Gasteiger partial charge on any atom is -0.354 e. The normalized spacial score (nSPS) is 16.1. The molecule has 0 aromatic heterocycles. The number of anilines is 1. The van der Waals surface area contributed by atoms with E-state index >= 15 is 0 Å². The number of amides is 2. The van der Waals surface area contributed by atoms with Crippen molar-refractivity contribution in [3.05, 3.63) is 59.2 Å². The van der Waals surface area contributed by atoms with Crippen molar-refractivity contribution in [1.82, 2.24) is 10.2 Å². The molecule has 1 fully saturated rings. The zero-order valence-electron chi connectivity index (χ0n) is 18.8. The van der Waals surface area contributed by atoms with E-state index in [1.165, 1.54) is 6.07 Å². The third-order valence-corrected chi connectivity index (χ3v) is 7.17. The molecule has 1 saturated heterocycles. The molecule has 2 aromatic rings. The largest absolute Gasteiger partial charge is 0.354 e. The molecule has 172 valence electrons. The maximum absolute atomic E-state index is 13.1. The molecule has 0 spiro atoms. The first-order valence-corrected chi connectivity index (χ1v) is 12.5. The van der Waals surface area contributed by atoms with Crippen LogP contribution in [0.25, 0.3) is 0 Å². The summed E-state index contributed by atoms with van der Waals surface area (Å²) < 4.78 is 28.3. The van der Waals surface area contributed by atoms with Crippen LogP contribution < -0.4 is 10.0 Å². The highest BCUT2D eigenvalue weighted by Gasteiger charge is 2.34. The van der Waals surface area contributed by atoms with Gasteiger partial charge < -0.3 is 10.2 Å². The van der Waals surface area contributed by atoms with E-state index in [1.807, 2.05) is 13.0 Å². The fourth-order valence-electron chi connectivity index (χ4n) is 3.98. The molecular weight excluding hydrogens is 426 g/mol. The van der Waals surface area contributed by atoms with Crippen LogP contribution in [0.15, 0.2) is 47.4 Å². The summed E-state index contributed by atoms with van der Waals surface area (Å²) >= 11 is 0. The Morgan fingerprint density at radius 2 is 1.91 bits per heavy atom. The number of nitrogens with zero attached hydrogens (tertiary/aromatic N) is 1. The average molecular weight is 458 g/mol. The van der Waals surface area contributed by atoms with Gasteiger partial charge in [-0.1, -0.05) is 37.1 Å². The van der Waals surface area contributed by atoms with Gasteiger partial charge in [-0.25, -0.2) is 8.42 Å². The molecular formula is C24H31N3O4S. The van der Waals surface area contributed by atoms with Crippen LogP contribution in [-0.2, 0) is 14.8 Å². The molecule has 8 heteroatoms. The predicted octanol–water partition coefficient (Wildman–Crippen LogP) is 3.63. The van der Waals surface area contributed by atoms with Crippen molar-refractivity contribution in [2.24, 2.45) is 0 Å². The number of nitrogens with one attached hydrogen (secondary N) is 2. The number of unbranched alkanes of at least 4 members (excludes halogenated alkanes) is 1. The quantitative estimate of drug-likeness (QED) is 0.592. The smallest absolute Gasteiger partial charge is 0.262 e. The van der Waals surface area contributed by atoms with Crippen LogP contribution >= 0.6 is 0 Å². The standard InChI is InChI=1S/C24H31N3O4S/c1-4-5-13-25-23(28)21-10-7-14-27(21)24(29)19-8-6-9-20(16-19)26-32(30,31)22-12-11-17(2)15-18(22)3/h6,8-9,11-12,15-16,21,26H,4-5,7,10,13-14H2,1-3H3,(H,25,28). The summed E-state index contributed by atoms with van der Waals surface area (Å²) in [5, 5.41) is 2.91. The first-order valence-electron chi connectivity index (χ1n) is 11.0. The maximum Gasteiger partial charge on any atom is 0.262 e. The van der Waals surface area contributed by atoms with Crippen molar-refractivity contribution in [3.8, 4) is 0 Å². The van der Waals surface area contributed by atoms with E-state index in [2.05, 4.69) is 17.0 Å². The monoisotopic (exact) mass is 457 g/mol. The van der Waals surface area contributed by atoms with Crippen LogP contribution in [0, 0.1) is 13.8 Å². The molecule has 7 nitrogen and oxygen atoms in total. The second kappa shape index (κ2) is 10.2. The zero-order chi connectivity index (χ0) is 23.3. The van der Waals surface area contributed by atoms with Crippen molar-refractivity contribution >= 4 is 27.5 Å². The van der Waals surface area contributed by atoms with Gasteiger partial charge in [0.2, 0.25) is 5.91 Å². The van der Waals surface area contributed by atoms with Gasteiger partial charge in [0.25, 0.3) is 15.9 Å². The molecule has 2 amide bonds. The van der Waals surface area contributed by atoms with E-state index in [1.54, 1.807) is 42.2 Å². The summed E-state index contributed by atoms with van der Waals surface area (Å²) in [7, 11) is -3.80. The number of aryl methyl sites for hydroxylation is 2. The van der Waals surface area contributed by atoms with E-state index in [0.717, 1.165) is 24.8 Å². The number of hydrogen-bond donors (Lipinski definition) is 2. The van der Waals surface area contributed by atoms with Crippen LogP contribution in [0.1, 0.15) is 54.1 Å².